The third-order valence-corrected chi connectivity index (χ3v) is 3.95. The van der Waals surface area contributed by atoms with Crippen molar-refractivity contribution >= 4 is 23.1 Å². The number of anilines is 3. The molecule has 0 unspecified atom stereocenters. The van der Waals surface area contributed by atoms with Gasteiger partial charge in [-0.25, -0.2) is 9.37 Å². The molecular weight excluding hydrogens is 376 g/mol. The highest BCUT2D eigenvalue weighted by atomic mass is 19.4. The standard InChI is InChI=1S/C19H14F4N4O/c1-27(12-7-10-24-11-8-12)17-13(4-3-9-25-17)18(28)26-15-6-2-5-14(16(15)20)19(21,22)23/h2-11H,1H3,(H,26,28). The minimum Gasteiger partial charge on any atom is -0.329 e. The summed E-state index contributed by atoms with van der Waals surface area (Å²) in [6, 6.07) is 9.03. The number of pyridine rings is 2. The van der Waals surface area contributed by atoms with Crippen LogP contribution in [-0.2, 0) is 6.18 Å². The zero-order chi connectivity index (χ0) is 20.3. The Bertz CT molecular complexity index is 993. The van der Waals surface area contributed by atoms with Gasteiger partial charge in [-0.15, -0.1) is 0 Å². The minimum atomic E-state index is -4.87. The van der Waals surface area contributed by atoms with E-state index >= 15 is 0 Å². The van der Waals surface area contributed by atoms with Crippen LogP contribution < -0.4 is 10.2 Å². The fourth-order valence-electron chi connectivity index (χ4n) is 2.57. The van der Waals surface area contributed by atoms with Gasteiger partial charge >= 0.3 is 6.18 Å². The number of hydrogen-bond acceptors (Lipinski definition) is 4. The Morgan fingerprint density at radius 3 is 2.43 bits per heavy atom. The Morgan fingerprint density at radius 1 is 1.04 bits per heavy atom. The van der Waals surface area contributed by atoms with Crippen LogP contribution >= 0.6 is 0 Å². The van der Waals surface area contributed by atoms with Crippen molar-refractivity contribution in [3.8, 4) is 0 Å². The highest BCUT2D eigenvalue weighted by Gasteiger charge is 2.35. The molecule has 28 heavy (non-hydrogen) atoms. The Kier molecular flexibility index (Phi) is 5.25. The largest absolute Gasteiger partial charge is 0.419 e. The molecule has 0 radical (unpaired) electrons. The summed E-state index contributed by atoms with van der Waals surface area (Å²) >= 11 is 0. The average molecular weight is 390 g/mol. The third-order valence-electron chi connectivity index (χ3n) is 3.95. The van der Waals surface area contributed by atoms with Crippen LogP contribution in [0.4, 0.5) is 34.8 Å². The molecule has 1 amide bonds. The number of nitrogens with one attached hydrogen (secondary N) is 1. The molecule has 0 saturated carbocycles. The molecule has 0 aliphatic heterocycles. The maximum atomic E-state index is 14.2. The maximum Gasteiger partial charge on any atom is 0.419 e. The summed E-state index contributed by atoms with van der Waals surface area (Å²) in [6.45, 7) is 0. The lowest BCUT2D eigenvalue weighted by Gasteiger charge is -2.21. The molecule has 0 aliphatic rings. The molecule has 0 atom stereocenters. The summed E-state index contributed by atoms with van der Waals surface area (Å²) in [5.74, 6) is -2.09. The third kappa shape index (κ3) is 3.93. The lowest BCUT2D eigenvalue weighted by atomic mass is 10.1. The van der Waals surface area contributed by atoms with Crippen LogP contribution in [0.5, 0.6) is 0 Å². The van der Waals surface area contributed by atoms with E-state index in [2.05, 4.69) is 15.3 Å². The Balaban J connectivity index is 1.93. The van der Waals surface area contributed by atoms with E-state index in [1.54, 1.807) is 36.5 Å². The molecule has 0 bridgehead atoms. The zero-order valence-electron chi connectivity index (χ0n) is 14.5. The first kappa shape index (κ1) is 19.3. The fraction of sp³-hybridized carbons (Fsp3) is 0.105. The molecule has 1 aromatic carbocycles. The van der Waals surface area contributed by atoms with Crippen LogP contribution in [0, 0.1) is 5.82 Å². The van der Waals surface area contributed by atoms with Crippen molar-refractivity contribution in [1.82, 2.24) is 9.97 Å². The van der Waals surface area contributed by atoms with Gasteiger partial charge in [-0.3, -0.25) is 9.78 Å². The number of aromatic nitrogens is 2. The summed E-state index contributed by atoms with van der Waals surface area (Å²) in [5, 5.41) is 2.19. The van der Waals surface area contributed by atoms with Crippen LogP contribution in [0.1, 0.15) is 15.9 Å². The molecule has 144 valence electrons. The van der Waals surface area contributed by atoms with Crippen LogP contribution in [0.2, 0.25) is 0 Å². The highest BCUT2D eigenvalue weighted by Crippen LogP contribution is 2.34. The van der Waals surface area contributed by atoms with Gasteiger partial charge in [-0.1, -0.05) is 6.07 Å². The first-order valence-corrected chi connectivity index (χ1v) is 8.05. The number of amides is 1. The number of carbonyl (C=O) groups excluding carboxylic acids is 1. The maximum absolute atomic E-state index is 14.2. The number of nitrogens with zero attached hydrogens (tertiary/aromatic N) is 3. The Hall–Kier alpha value is -3.49. The SMILES string of the molecule is CN(c1ccncc1)c1ncccc1C(=O)Nc1cccc(C(F)(F)F)c1F. The van der Waals surface area contributed by atoms with Gasteiger partial charge in [-0.05, 0) is 36.4 Å². The molecule has 0 fully saturated rings. The first-order chi connectivity index (χ1) is 13.3. The van der Waals surface area contributed by atoms with E-state index in [4.69, 9.17) is 0 Å². The lowest BCUT2D eigenvalue weighted by molar-refractivity contribution is -0.139. The quantitative estimate of drug-likeness (QED) is 0.659. The van der Waals surface area contributed by atoms with Gasteiger partial charge in [0.1, 0.15) is 5.82 Å². The van der Waals surface area contributed by atoms with E-state index < -0.39 is 29.2 Å². The van der Waals surface area contributed by atoms with Gasteiger partial charge < -0.3 is 10.2 Å². The molecule has 1 N–H and O–H groups in total. The van der Waals surface area contributed by atoms with Crippen molar-refractivity contribution in [2.45, 2.75) is 6.18 Å². The molecule has 2 aromatic heterocycles. The summed E-state index contributed by atoms with van der Waals surface area (Å²) < 4.78 is 52.8. The highest BCUT2D eigenvalue weighted by molar-refractivity contribution is 6.08. The number of halogens is 4. The molecule has 3 rings (SSSR count). The predicted molar refractivity (Wildman–Crippen MR) is 95.9 cm³/mol. The summed E-state index contributed by atoms with van der Waals surface area (Å²) in [4.78, 5) is 22.3. The average Bonchev–Trinajstić information content (AvgIpc) is 2.68. The smallest absolute Gasteiger partial charge is 0.329 e. The van der Waals surface area contributed by atoms with E-state index in [1.165, 1.54) is 18.3 Å². The van der Waals surface area contributed by atoms with Gasteiger partial charge in [0.15, 0.2) is 5.82 Å². The van der Waals surface area contributed by atoms with E-state index in [1.807, 2.05) is 0 Å². The van der Waals surface area contributed by atoms with Crippen molar-refractivity contribution < 1.29 is 22.4 Å². The molecular formula is C19H14F4N4O. The number of alkyl halides is 3. The second-order valence-electron chi connectivity index (χ2n) is 5.76. The predicted octanol–water partition coefficient (Wildman–Crippen LogP) is 4.65. The molecule has 3 aromatic rings. The topological polar surface area (TPSA) is 58.1 Å². The fourth-order valence-corrected chi connectivity index (χ4v) is 2.57. The van der Waals surface area contributed by atoms with E-state index in [0.717, 1.165) is 12.1 Å². The molecule has 0 spiro atoms. The monoisotopic (exact) mass is 390 g/mol. The lowest BCUT2D eigenvalue weighted by Crippen LogP contribution is -2.20. The van der Waals surface area contributed by atoms with Crippen molar-refractivity contribution in [2.75, 3.05) is 17.3 Å². The minimum absolute atomic E-state index is 0.0682. The van der Waals surface area contributed by atoms with Crippen molar-refractivity contribution in [1.29, 1.82) is 0 Å². The molecule has 9 heteroatoms. The van der Waals surface area contributed by atoms with Crippen molar-refractivity contribution in [3.63, 3.8) is 0 Å². The Morgan fingerprint density at radius 2 is 1.75 bits per heavy atom. The molecule has 0 aliphatic carbocycles. The van der Waals surface area contributed by atoms with Crippen LogP contribution in [0.25, 0.3) is 0 Å². The number of hydrogen-bond donors (Lipinski definition) is 1. The molecule has 0 saturated heterocycles. The number of benzene rings is 1. The summed E-state index contributed by atoms with van der Waals surface area (Å²) in [5.41, 5.74) is -1.27. The summed E-state index contributed by atoms with van der Waals surface area (Å²) in [6.07, 6.45) is -0.278. The van der Waals surface area contributed by atoms with Crippen LogP contribution in [-0.4, -0.2) is 22.9 Å². The van der Waals surface area contributed by atoms with Crippen LogP contribution in [0.3, 0.4) is 0 Å². The van der Waals surface area contributed by atoms with Gasteiger partial charge in [0, 0.05) is 31.3 Å². The first-order valence-electron chi connectivity index (χ1n) is 8.05. The van der Waals surface area contributed by atoms with E-state index in [-0.39, 0.29) is 11.4 Å². The van der Waals surface area contributed by atoms with Gasteiger partial charge in [0.05, 0.1) is 16.8 Å². The molecule has 5 nitrogen and oxygen atoms in total. The second-order valence-corrected chi connectivity index (χ2v) is 5.76. The number of rotatable bonds is 4. The Labute approximate surface area is 157 Å². The zero-order valence-corrected chi connectivity index (χ0v) is 14.5. The second kappa shape index (κ2) is 7.63. The van der Waals surface area contributed by atoms with E-state index in [9.17, 15) is 22.4 Å². The van der Waals surface area contributed by atoms with Gasteiger partial charge in [0.25, 0.3) is 5.91 Å². The normalized spacial score (nSPS) is 11.2. The van der Waals surface area contributed by atoms with Crippen molar-refractivity contribution in [3.05, 3.63) is 78.0 Å². The number of carbonyl (C=O) groups is 1. The van der Waals surface area contributed by atoms with Crippen LogP contribution in [0.15, 0.2) is 61.1 Å². The summed E-state index contributed by atoms with van der Waals surface area (Å²) in [7, 11) is 1.67. The van der Waals surface area contributed by atoms with Gasteiger partial charge in [-0.2, -0.15) is 13.2 Å². The van der Waals surface area contributed by atoms with Gasteiger partial charge in [0.2, 0.25) is 0 Å². The van der Waals surface area contributed by atoms with E-state index in [0.29, 0.717) is 11.8 Å². The van der Waals surface area contributed by atoms with Crippen molar-refractivity contribution in [2.24, 2.45) is 0 Å². The molecule has 2 heterocycles.